The number of rotatable bonds is 5. The molecule has 0 unspecified atom stereocenters. The zero-order valence-electron chi connectivity index (χ0n) is 15.4. The Morgan fingerprint density at radius 2 is 1.89 bits per heavy atom. The molecule has 2 heterocycles. The third-order valence-electron chi connectivity index (χ3n) is 4.21. The minimum absolute atomic E-state index is 0.0935. The monoisotopic (exact) mass is 455 g/mol. The van der Waals surface area contributed by atoms with Crippen LogP contribution in [-0.2, 0) is 4.79 Å². The average molecular weight is 456 g/mol. The summed E-state index contributed by atoms with van der Waals surface area (Å²) in [6, 6.07) is 15.4. The van der Waals surface area contributed by atoms with E-state index >= 15 is 0 Å². The molecule has 0 aliphatic carbocycles. The van der Waals surface area contributed by atoms with Gasteiger partial charge in [0.2, 0.25) is 5.91 Å². The highest BCUT2D eigenvalue weighted by atomic mass is 79.9. The second-order valence-electron chi connectivity index (χ2n) is 6.62. The van der Waals surface area contributed by atoms with Crippen molar-refractivity contribution in [3.05, 3.63) is 58.8 Å². The van der Waals surface area contributed by atoms with Crippen molar-refractivity contribution in [3.63, 3.8) is 0 Å². The van der Waals surface area contributed by atoms with Crippen LogP contribution in [-0.4, -0.2) is 31.2 Å². The highest BCUT2D eigenvalue weighted by Gasteiger charge is 2.18. The molecule has 0 aliphatic heterocycles. The Kier molecular flexibility index (Phi) is 5.32. The number of benzene rings is 2. The predicted octanol–water partition coefficient (Wildman–Crippen LogP) is 4.89. The number of nitrogens with one attached hydrogen (secondary N) is 1. The summed E-state index contributed by atoms with van der Waals surface area (Å²) in [6.07, 6.45) is 0. The molecule has 2 aromatic heterocycles. The van der Waals surface area contributed by atoms with Crippen molar-refractivity contribution in [2.24, 2.45) is 0 Å². The topological polar surface area (TPSA) is 72.2 Å². The number of thioether (sulfide) groups is 1. The number of carbonyl (C=O) groups is 1. The van der Waals surface area contributed by atoms with Gasteiger partial charge in [0, 0.05) is 16.1 Å². The molecule has 0 bridgehead atoms. The maximum absolute atomic E-state index is 12.4. The summed E-state index contributed by atoms with van der Waals surface area (Å²) >= 11 is 4.75. The number of aromatic nitrogens is 4. The molecular weight excluding hydrogens is 438 g/mol. The van der Waals surface area contributed by atoms with E-state index < -0.39 is 0 Å². The van der Waals surface area contributed by atoms with E-state index in [2.05, 4.69) is 45.3 Å². The number of carbonyl (C=O) groups excluding carboxylic acids is 1. The first-order chi connectivity index (χ1) is 13.5. The van der Waals surface area contributed by atoms with Gasteiger partial charge in [-0.2, -0.15) is 0 Å². The van der Waals surface area contributed by atoms with Crippen molar-refractivity contribution < 1.29 is 4.79 Å². The Morgan fingerprint density at radius 1 is 1.14 bits per heavy atom. The molecule has 0 radical (unpaired) electrons. The van der Waals surface area contributed by atoms with Crippen molar-refractivity contribution in [2.75, 3.05) is 11.1 Å². The molecule has 28 heavy (non-hydrogen) atoms. The smallest absolute Gasteiger partial charge is 0.234 e. The van der Waals surface area contributed by atoms with Gasteiger partial charge in [0.05, 0.1) is 16.8 Å². The molecule has 4 aromatic rings. The molecule has 1 amide bonds. The lowest BCUT2D eigenvalue weighted by atomic mass is 10.2. The molecule has 0 fully saturated rings. The van der Waals surface area contributed by atoms with E-state index in [0.717, 1.165) is 27.0 Å². The van der Waals surface area contributed by atoms with Gasteiger partial charge in [-0.25, -0.2) is 4.98 Å². The van der Waals surface area contributed by atoms with Crippen LogP contribution in [0.1, 0.15) is 25.6 Å². The van der Waals surface area contributed by atoms with Gasteiger partial charge in [-0.05, 0) is 36.4 Å². The molecule has 1 N–H and O–H groups in total. The van der Waals surface area contributed by atoms with Crippen LogP contribution in [0.25, 0.3) is 16.7 Å². The first kappa shape index (κ1) is 18.9. The Balaban J connectivity index is 1.62. The largest absolute Gasteiger partial charge is 0.325 e. The van der Waals surface area contributed by atoms with Crippen molar-refractivity contribution in [1.82, 2.24) is 19.6 Å². The summed E-state index contributed by atoms with van der Waals surface area (Å²) in [6.45, 7) is 4.17. The van der Waals surface area contributed by atoms with Crippen LogP contribution in [0.4, 0.5) is 5.69 Å². The van der Waals surface area contributed by atoms with E-state index in [1.54, 1.807) is 0 Å². The molecule has 6 nitrogen and oxygen atoms in total. The fraction of sp³-hybridized carbons (Fsp3) is 0.200. The van der Waals surface area contributed by atoms with Crippen molar-refractivity contribution in [3.8, 4) is 0 Å². The van der Waals surface area contributed by atoms with Crippen molar-refractivity contribution in [2.45, 2.75) is 24.8 Å². The van der Waals surface area contributed by atoms with Gasteiger partial charge < -0.3 is 5.32 Å². The SMILES string of the molecule is CC(C)c1nnc2c(SCC(=O)Nc3ccc(Br)cc3)nc3ccccc3n12. The number of fused-ring (bicyclic) bond motifs is 3. The number of hydrogen-bond donors (Lipinski definition) is 1. The fourth-order valence-electron chi connectivity index (χ4n) is 2.91. The van der Waals surface area contributed by atoms with Gasteiger partial charge in [0.25, 0.3) is 0 Å². The second-order valence-corrected chi connectivity index (χ2v) is 8.50. The van der Waals surface area contributed by atoms with E-state index in [1.807, 2.05) is 52.9 Å². The van der Waals surface area contributed by atoms with Crippen LogP contribution < -0.4 is 5.32 Å². The summed E-state index contributed by atoms with van der Waals surface area (Å²) in [4.78, 5) is 17.1. The third kappa shape index (κ3) is 3.74. The Hall–Kier alpha value is -2.45. The molecule has 0 aliphatic rings. The quantitative estimate of drug-likeness (QED) is 0.433. The standard InChI is InChI=1S/C20H18BrN5OS/c1-12(2)18-24-25-19-20(23-15-5-3-4-6-16(15)26(18)19)28-11-17(27)22-14-9-7-13(21)8-10-14/h3-10,12H,11H2,1-2H3,(H,22,27). The Morgan fingerprint density at radius 3 is 2.64 bits per heavy atom. The maximum Gasteiger partial charge on any atom is 0.234 e. The Bertz CT molecular complexity index is 1160. The first-order valence-electron chi connectivity index (χ1n) is 8.85. The minimum atomic E-state index is -0.0935. The van der Waals surface area contributed by atoms with Crippen LogP contribution >= 0.6 is 27.7 Å². The van der Waals surface area contributed by atoms with Gasteiger partial charge >= 0.3 is 0 Å². The van der Waals surface area contributed by atoms with Gasteiger partial charge in [-0.3, -0.25) is 9.20 Å². The van der Waals surface area contributed by atoms with Crippen molar-refractivity contribution in [1.29, 1.82) is 0 Å². The van der Waals surface area contributed by atoms with E-state index in [4.69, 9.17) is 4.98 Å². The molecule has 142 valence electrons. The highest BCUT2D eigenvalue weighted by molar-refractivity contribution is 9.10. The zero-order chi connectivity index (χ0) is 19.7. The molecular formula is C20H18BrN5OS. The lowest BCUT2D eigenvalue weighted by Crippen LogP contribution is -2.14. The number of nitrogens with zero attached hydrogens (tertiary/aromatic N) is 4. The van der Waals surface area contributed by atoms with Crippen molar-refractivity contribution >= 4 is 56.0 Å². The van der Waals surface area contributed by atoms with Gasteiger partial charge in [-0.15, -0.1) is 10.2 Å². The van der Waals surface area contributed by atoms with Gasteiger partial charge in [-0.1, -0.05) is 53.7 Å². The summed E-state index contributed by atoms with van der Waals surface area (Å²) in [5.74, 6) is 1.25. The summed E-state index contributed by atoms with van der Waals surface area (Å²) < 4.78 is 3.01. The van der Waals surface area contributed by atoms with Crippen LogP contribution in [0.2, 0.25) is 0 Å². The lowest BCUT2D eigenvalue weighted by molar-refractivity contribution is -0.113. The highest BCUT2D eigenvalue weighted by Crippen LogP contribution is 2.27. The molecule has 8 heteroatoms. The molecule has 0 saturated carbocycles. The lowest BCUT2D eigenvalue weighted by Gasteiger charge is -2.10. The first-order valence-corrected chi connectivity index (χ1v) is 10.6. The van der Waals surface area contributed by atoms with Crippen LogP contribution in [0.3, 0.4) is 0 Å². The molecule has 0 saturated heterocycles. The van der Waals surface area contributed by atoms with E-state index in [1.165, 1.54) is 11.8 Å². The number of halogens is 1. The minimum Gasteiger partial charge on any atom is -0.325 e. The molecule has 4 rings (SSSR count). The number of para-hydroxylation sites is 2. The maximum atomic E-state index is 12.4. The number of anilines is 1. The van der Waals surface area contributed by atoms with E-state index in [0.29, 0.717) is 10.7 Å². The summed E-state index contributed by atoms with van der Waals surface area (Å²) in [7, 11) is 0. The third-order valence-corrected chi connectivity index (χ3v) is 5.69. The van der Waals surface area contributed by atoms with Crippen LogP contribution in [0, 0.1) is 0 Å². The average Bonchev–Trinajstić information content (AvgIpc) is 3.14. The fourth-order valence-corrected chi connectivity index (χ4v) is 3.94. The zero-order valence-corrected chi connectivity index (χ0v) is 17.8. The number of amides is 1. The normalized spacial score (nSPS) is 11.4. The molecule has 0 spiro atoms. The summed E-state index contributed by atoms with van der Waals surface area (Å²) in [5, 5.41) is 12.3. The van der Waals surface area contributed by atoms with Gasteiger partial charge in [0.15, 0.2) is 5.65 Å². The summed E-state index contributed by atoms with van der Waals surface area (Å²) in [5.41, 5.74) is 3.27. The number of hydrogen-bond acceptors (Lipinski definition) is 5. The molecule has 2 aromatic carbocycles. The van der Waals surface area contributed by atoms with E-state index in [9.17, 15) is 4.79 Å². The van der Waals surface area contributed by atoms with Gasteiger partial charge in [0.1, 0.15) is 10.9 Å². The van der Waals surface area contributed by atoms with Crippen LogP contribution in [0.15, 0.2) is 58.0 Å². The second kappa shape index (κ2) is 7.89. The molecule has 0 atom stereocenters. The Labute approximate surface area is 174 Å². The van der Waals surface area contributed by atoms with Crippen LogP contribution in [0.5, 0.6) is 0 Å². The predicted molar refractivity (Wildman–Crippen MR) is 116 cm³/mol. The van der Waals surface area contributed by atoms with E-state index in [-0.39, 0.29) is 17.6 Å².